The molecule has 0 aliphatic heterocycles. The van der Waals surface area contributed by atoms with Crippen LogP contribution in [0.25, 0.3) is 0 Å². The molecule has 1 rings (SSSR count). The summed E-state index contributed by atoms with van der Waals surface area (Å²) in [7, 11) is 0. The highest BCUT2D eigenvalue weighted by atomic mass is 32.1. The highest BCUT2D eigenvalue weighted by Gasteiger charge is 2.33. The molecule has 60 valence electrons. The average molecular weight is 180 g/mol. The fourth-order valence-electron chi connectivity index (χ4n) is 0.629. The lowest BCUT2D eigenvalue weighted by Gasteiger charge is -2.02. The van der Waals surface area contributed by atoms with E-state index >= 15 is 0 Å². The molecule has 0 radical (unpaired) electrons. The van der Waals surface area contributed by atoms with Gasteiger partial charge >= 0.3 is 6.18 Å². The van der Waals surface area contributed by atoms with Crippen LogP contribution in [0.5, 0.6) is 0 Å². The maximum atomic E-state index is 11.9. The third-order valence-electron chi connectivity index (χ3n) is 1.12. The van der Waals surface area contributed by atoms with Crippen LogP contribution in [0.4, 0.5) is 13.2 Å². The highest BCUT2D eigenvalue weighted by molar-refractivity contribution is 7.08. The van der Waals surface area contributed by atoms with Crippen molar-refractivity contribution < 1.29 is 18.0 Å². The first-order chi connectivity index (χ1) is 5.05. The Labute approximate surface area is 64.5 Å². The van der Waals surface area contributed by atoms with Crippen molar-refractivity contribution in [3.63, 3.8) is 0 Å². The van der Waals surface area contributed by atoms with Crippen LogP contribution < -0.4 is 0 Å². The first-order valence-electron chi connectivity index (χ1n) is 2.64. The molecule has 0 unspecified atom stereocenters. The third kappa shape index (κ3) is 1.59. The quantitative estimate of drug-likeness (QED) is 0.607. The van der Waals surface area contributed by atoms with Gasteiger partial charge in [-0.3, -0.25) is 4.79 Å². The van der Waals surface area contributed by atoms with Gasteiger partial charge in [0.2, 0.25) is 0 Å². The molecule has 11 heavy (non-hydrogen) atoms. The first kappa shape index (κ1) is 8.26. The van der Waals surface area contributed by atoms with Gasteiger partial charge in [0.05, 0.1) is 5.56 Å². The molecule has 0 aliphatic carbocycles. The van der Waals surface area contributed by atoms with E-state index in [-0.39, 0.29) is 11.8 Å². The van der Waals surface area contributed by atoms with Crippen LogP contribution in [0.3, 0.4) is 0 Å². The SMILES string of the molecule is O=Cc1cscc1C(F)(F)F. The fourth-order valence-corrected chi connectivity index (χ4v) is 1.43. The number of alkyl halides is 3. The molecule has 1 aromatic rings. The Hall–Kier alpha value is -0.840. The summed E-state index contributed by atoms with van der Waals surface area (Å²) < 4.78 is 35.7. The highest BCUT2D eigenvalue weighted by Crippen LogP contribution is 2.33. The van der Waals surface area contributed by atoms with Gasteiger partial charge in [-0.25, -0.2) is 0 Å². The number of aldehydes is 1. The summed E-state index contributed by atoms with van der Waals surface area (Å²) in [5.41, 5.74) is -1.14. The molecule has 1 nitrogen and oxygen atoms in total. The average Bonchev–Trinajstić information content (AvgIpc) is 2.31. The molecule has 0 amide bonds. The summed E-state index contributed by atoms with van der Waals surface area (Å²) >= 11 is 0.866. The van der Waals surface area contributed by atoms with Crippen LogP contribution in [0.1, 0.15) is 15.9 Å². The van der Waals surface area contributed by atoms with Gasteiger partial charge in [0, 0.05) is 16.3 Å². The molecule has 0 fully saturated rings. The monoisotopic (exact) mass is 180 g/mol. The Morgan fingerprint density at radius 2 is 2.00 bits per heavy atom. The minimum Gasteiger partial charge on any atom is -0.298 e. The predicted molar refractivity (Wildman–Crippen MR) is 34.7 cm³/mol. The van der Waals surface area contributed by atoms with Crippen molar-refractivity contribution in [2.24, 2.45) is 0 Å². The zero-order chi connectivity index (χ0) is 8.48. The molecule has 0 N–H and O–H groups in total. The van der Waals surface area contributed by atoms with E-state index < -0.39 is 11.7 Å². The Morgan fingerprint density at radius 1 is 1.36 bits per heavy atom. The summed E-state index contributed by atoms with van der Waals surface area (Å²) in [4.78, 5) is 10.0. The molecule has 0 aliphatic rings. The van der Waals surface area contributed by atoms with Crippen molar-refractivity contribution in [2.75, 3.05) is 0 Å². The van der Waals surface area contributed by atoms with Gasteiger partial charge in [-0.1, -0.05) is 0 Å². The summed E-state index contributed by atoms with van der Waals surface area (Å²) in [5, 5.41) is 2.10. The van der Waals surface area contributed by atoms with Crippen LogP contribution >= 0.6 is 11.3 Å². The van der Waals surface area contributed by atoms with Crippen molar-refractivity contribution >= 4 is 17.6 Å². The molecule has 0 atom stereocenters. The largest absolute Gasteiger partial charge is 0.417 e. The maximum absolute atomic E-state index is 11.9. The zero-order valence-electron chi connectivity index (χ0n) is 5.18. The van der Waals surface area contributed by atoms with Crippen molar-refractivity contribution in [1.29, 1.82) is 0 Å². The molecule has 5 heteroatoms. The van der Waals surface area contributed by atoms with Gasteiger partial charge in [0.1, 0.15) is 0 Å². The van der Waals surface area contributed by atoms with Gasteiger partial charge < -0.3 is 0 Å². The smallest absolute Gasteiger partial charge is 0.298 e. The van der Waals surface area contributed by atoms with Gasteiger partial charge in [-0.2, -0.15) is 24.5 Å². The molecule has 0 saturated carbocycles. The summed E-state index contributed by atoms with van der Waals surface area (Å²) in [6, 6.07) is 0. The molecule has 1 aromatic heterocycles. The first-order valence-corrected chi connectivity index (χ1v) is 3.58. The minimum absolute atomic E-state index is 0.208. The molecular formula is C6H3F3OS. The molecule has 0 spiro atoms. The van der Waals surface area contributed by atoms with Crippen molar-refractivity contribution in [3.05, 3.63) is 21.9 Å². The maximum Gasteiger partial charge on any atom is 0.417 e. The van der Waals surface area contributed by atoms with Crippen molar-refractivity contribution in [1.82, 2.24) is 0 Å². The van der Waals surface area contributed by atoms with E-state index in [2.05, 4.69) is 0 Å². The number of hydrogen-bond acceptors (Lipinski definition) is 2. The van der Waals surface area contributed by atoms with Crippen LogP contribution in [0.2, 0.25) is 0 Å². The number of carbonyl (C=O) groups excluding carboxylic acids is 1. The van der Waals surface area contributed by atoms with Gasteiger partial charge in [0.25, 0.3) is 0 Å². The standard InChI is InChI=1S/C6H3F3OS/c7-6(8,9)5-3-11-2-4(5)1-10/h1-3H. The number of hydrogen-bond donors (Lipinski definition) is 0. The molecule has 0 aromatic carbocycles. The van der Waals surface area contributed by atoms with Crippen LogP contribution in [0, 0.1) is 0 Å². The predicted octanol–water partition coefficient (Wildman–Crippen LogP) is 2.58. The van der Waals surface area contributed by atoms with Crippen molar-refractivity contribution in [2.45, 2.75) is 6.18 Å². The second kappa shape index (κ2) is 2.65. The zero-order valence-corrected chi connectivity index (χ0v) is 6.00. The number of carbonyl (C=O) groups is 1. The van der Waals surface area contributed by atoms with E-state index in [9.17, 15) is 18.0 Å². The minimum atomic E-state index is -4.41. The van der Waals surface area contributed by atoms with E-state index in [0.717, 1.165) is 16.7 Å². The van der Waals surface area contributed by atoms with Crippen LogP contribution in [-0.2, 0) is 6.18 Å². The molecule has 0 bridgehead atoms. The fraction of sp³-hybridized carbons (Fsp3) is 0.167. The number of rotatable bonds is 1. The van der Waals surface area contributed by atoms with Gasteiger partial charge in [0.15, 0.2) is 6.29 Å². The van der Waals surface area contributed by atoms with E-state index in [1.54, 1.807) is 0 Å². The second-order valence-electron chi connectivity index (χ2n) is 1.86. The van der Waals surface area contributed by atoms with Crippen LogP contribution in [-0.4, -0.2) is 6.29 Å². The Morgan fingerprint density at radius 3 is 2.36 bits per heavy atom. The van der Waals surface area contributed by atoms with Crippen LogP contribution in [0.15, 0.2) is 10.8 Å². The number of thiophene rings is 1. The number of halogens is 3. The lowest BCUT2D eigenvalue weighted by molar-refractivity contribution is -0.137. The lowest BCUT2D eigenvalue weighted by Crippen LogP contribution is -2.05. The Kier molecular flexibility index (Phi) is 1.99. The molecule has 1 heterocycles. The summed E-state index contributed by atoms with van der Waals surface area (Å²) in [6.07, 6.45) is -4.20. The van der Waals surface area contributed by atoms with Gasteiger partial charge in [-0.15, -0.1) is 0 Å². The Bertz CT molecular complexity index is 263. The van der Waals surface area contributed by atoms with E-state index in [0.29, 0.717) is 0 Å². The van der Waals surface area contributed by atoms with E-state index in [1.165, 1.54) is 5.38 Å². The third-order valence-corrected chi connectivity index (χ3v) is 1.89. The van der Waals surface area contributed by atoms with Crippen molar-refractivity contribution in [3.8, 4) is 0 Å². The van der Waals surface area contributed by atoms with E-state index in [4.69, 9.17) is 0 Å². The summed E-state index contributed by atoms with van der Waals surface area (Å²) in [5.74, 6) is 0. The lowest BCUT2D eigenvalue weighted by atomic mass is 10.2. The molecule has 0 saturated heterocycles. The topological polar surface area (TPSA) is 17.1 Å². The molecular weight excluding hydrogens is 177 g/mol. The van der Waals surface area contributed by atoms with E-state index in [1.807, 2.05) is 0 Å². The van der Waals surface area contributed by atoms with Gasteiger partial charge in [-0.05, 0) is 0 Å². The Balaban J connectivity index is 3.12. The second-order valence-corrected chi connectivity index (χ2v) is 2.60. The summed E-state index contributed by atoms with van der Waals surface area (Å²) in [6.45, 7) is 0. The normalized spacial score (nSPS) is 11.5.